The minimum atomic E-state index is 0.486. The second-order valence-corrected chi connectivity index (χ2v) is 4.48. The van der Waals surface area contributed by atoms with E-state index in [1.165, 1.54) is 11.5 Å². The second-order valence-electron chi connectivity index (χ2n) is 3.69. The zero-order chi connectivity index (χ0) is 10.7. The van der Waals surface area contributed by atoms with E-state index in [9.17, 15) is 0 Å². The molecule has 84 valence electrons. The van der Waals surface area contributed by atoms with E-state index >= 15 is 0 Å². The topological polar surface area (TPSA) is 64.3 Å². The molecule has 0 aliphatic carbocycles. The largest absolute Gasteiger partial charge is 0.388 e. The van der Waals surface area contributed by atoms with E-state index in [0.29, 0.717) is 6.04 Å². The predicted molar refractivity (Wildman–Crippen MR) is 59.6 cm³/mol. The summed E-state index contributed by atoms with van der Waals surface area (Å²) in [5.41, 5.74) is 6.68. The Balaban J connectivity index is 2.00. The lowest BCUT2D eigenvalue weighted by Gasteiger charge is -2.34. The number of hydrogen-bond donors (Lipinski definition) is 1. The molecular formula is C9H16N4OS. The molecule has 0 radical (unpaired) electrons. The third-order valence-corrected chi connectivity index (χ3v) is 3.35. The van der Waals surface area contributed by atoms with Crippen LogP contribution in [0.2, 0.25) is 0 Å². The van der Waals surface area contributed by atoms with Gasteiger partial charge in [-0.1, -0.05) is 11.4 Å². The Labute approximate surface area is 93.4 Å². The van der Waals surface area contributed by atoms with Crippen LogP contribution < -0.4 is 5.73 Å². The predicted octanol–water partition coefficient (Wildman–Crippen LogP) is 0.731. The molecule has 5 nitrogen and oxygen atoms in total. The molecule has 1 aromatic rings. The van der Waals surface area contributed by atoms with Gasteiger partial charge in [-0.05, 0) is 6.42 Å². The highest BCUT2D eigenvalue weighted by Crippen LogP contribution is 2.18. The Morgan fingerprint density at radius 3 is 3.20 bits per heavy atom. The lowest BCUT2D eigenvalue weighted by Crippen LogP contribution is -2.44. The van der Waals surface area contributed by atoms with Gasteiger partial charge in [-0.2, -0.15) is 0 Å². The van der Waals surface area contributed by atoms with Crippen molar-refractivity contribution in [3.8, 4) is 0 Å². The first-order valence-electron chi connectivity index (χ1n) is 5.19. The van der Waals surface area contributed by atoms with Gasteiger partial charge >= 0.3 is 0 Å². The number of rotatable bonds is 3. The summed E-state index contributed by atoms with van der Waals surface area (Å²) in [6.45, 7) is 5.54. The lowest BCUT2D eigenvalue weighted by atomic mass is 10.1. The Hall–Kier alpha value is -0.720. The van der Waals surface area contributed by atoms with Gasteiger partial charge in [0.15, 0.2) is 0 Å². The van der Waals surface area contributed by atoms with Crippen LogP contribution in [0.4, 0.5) is 5.00 Å². The van der Waals surface area contributed by atoms with Crippen LogP contribution in [-0.4, -0.2) is 40.3 Å². The number of hydrogen-bond acceptors (Lipinski definition) is 6. The Morgan fingerprint density at radius 1 is 1.67 bits per heavy atom. The molecule has 2 N–H and O–H groups in total. The number of anilines is 1. The van der Waals surface area contributed by atoms with Crippen molar-refractivity contribution in [2.24, 2.45) is 0 Å². The van der Waals surface area contributed by atoms with Crippen molar-refractivity contribution in [2.45, 2.75) is 25.9 Å². The van der Waals surface area contributed by atoms with Crippen LogP contribution in [0.1, 0.15) is 19.0 Å². The van der Waals surface area contributed by atoms with Crippen molar-refractivity contribution >= 4 is 16.5 Å². The summed E-state index contributed by atoms with van der Waals surface area (Å²) in [5, 5.41) is 4.77. The van der Waals surface area contributed by atoms with Crippen LogP contribution in [0.25, 0.3) is 0 Å². The van der Waals surface area contributed by atoms with Gasteiger partial charge in [0.25, 0.3) is 0 Å². The standard InChI is InChI=1S/C9H16N4OS/c1-2-7-6-14-4-3-13(7)5-8-9(10)15-12-11-8/h7H,2-6,10H2,1H3. The summed E-state index contributed by atoms with van der Waals surface area (Å²) in [7, 11) is 0. The number of nitrogens with two attached hydrogens (primary N) is 1. The molecule has 1 atom stereocenters. The molecule has 1 aliphatic rings. The van der Waals surface area contributed by atoms with Gasteiger partial charge in [-0.3, -0.25) is 4.90 Å². The maximum absolute atomic E-state index is 5.78. The summed E-state index contributed by atoms with van der Waals surface area (Å²) in [4.78, 5) is 2.37. The summed E-state index contributed by atoms with van der Waals surface area (Å²) >= 11 is 1.26. The smallest absolute Gasteiger partial charge is 0.132 e. The van der Waals surface area contributed by atoms with Gasteiger partial charge < -0.3 is 10.5 Å². The SMILES string of the molecule is CCC1COCCN1Cc1nnsc1N. The van der Waals surface area contributed by atoms with Crippen LogP contribution in [0.15, 0.2) is 0 Å². The van der Waals surface area contributed by atoms with Crippen molar-refractivity contribution < 1.29 is 4.74 Å². The van der Waals surface area contributed by atoms with E-state index in [1.807, 2.05) is 0 Å². The molecule has 0 saturated carbocycles. The van der Waals surface area contributed by atoms with Gasteiger partial charge in [-0.15, -0.1) is 5.10 Å². The van der Waals surface area contributed by atoms with E-state index < -0.39 is 0 Å². The van der Waals surface area contributed by atoms with Gasteiger partial charge in [0.05, 0.1) is 13.2 Å². The third-order valence-electron chi connectivity index (χ3n) is 2.76. The fourth-order valence-corrected chi connectivity index (χ4v) is 2.23. The van der Waals surface area contributed by atoms with Gasteiger partial charge in [0.1, 0.15) is 10.7 Å². The Kier molecular flexibility index (Phi) is 3.50. The van der Waals surface area contributed by atoms with E-state index in [-0.39, 0.29) is 0 Å². The van der Waals surface area contributed by atoms with Crippen molar-refractivity contribution in [1.29, 1.82) is 0 Å². The molecule has 0 bridgehead atoms. The molecule has 2 heterocycles. The van der Waals surface area contributed by atoms with Crippen LogP contribution >= 0.6 is 11.5 Å². The minimum absolute atomic E-state index is 0.486. The molecule has 0 spiro atoms. The third kappa shape index (κ3) is 2.45. The second kappa shape index (κ2) is 4.87. The van der Waals surface area contributed by atoms with Crippen LogP contribution in [0.5, 0.6) is 0 Å². The fourth-order valence-electron chi connectivity index (χ4n) is 1.79. The van der Waals surface area contributed by atoms with Crippen molar-refractivity contribution in [2.75, 3.05) is 25.5 Å². The molecule has 2 rings (SSSR count). The van der Waals surface area contributed by atoms with E-state index in [2.05, 4.69) is 21.4 Å². The molecule has 1 aliphatic heterocycles. The highest BCUT2D eigenvalue weighted by atomic mass is 32.1. The number of ether oxygens (including phenoxy) is 1. The summed E-state index contributed by atoms with van der Waals surface area (Å²) in [6.07, 6.45) is 1.09. The van der Waals surface area contributed by atoms with Crippen LogP contribution in [0.3, 0.4) is 0 Å². The molecule has 6 heteroatoms. The lowest BCUT2D eigenvalue weighted by molar-refractivity contribution is -0.0131. The molecule has 1 fully saturated rings. The van der Waals surface area contributed by atoms with Gasteiger partial charge in [-0.25, -0.2) is 0 Å². The highest BCUT2D eigenvalue weighted by Gasteiger charge is 2.22. The number of aromatic nitrogens is 2. The number of nitrogens with zero attached hydrogens (tertiary/aromatic N) is 3. The first-order chi connectivity index (χ1) is 7.31. The average molecular weight is 228 g/mol. The van der Waals surface area contributed by atoms with Crippen molar-refractivity contribution in [1.82, 2.24) is 14.5 Å². The normalized spacial score (nSPS) is 23.1. The fraction of sp³-hybridized carbons (Fsp3) is 0.778. The molecule has 0 aromatic carbocycles. The van der Waals surface area contributed by atoms with Crippen molar-refractivity contribution in [3.05, 3.63) is 5.69 Å². The molecule has 0 amide bonds. The van der Waals surface area contributed by atoms with E-state index in [4.69, 9.17) is 10.5 Å². The average Bonchev–Trinajstić information content (AvgIpc) is 2.65. The maximum Gasteiger partial charge on any atom is 0.132 e. The van der Waals surface area contributed by atoms with Gasteiger partial charge in [0, 0.05) is 30.7 Å². The molecule has 1 aromatic heterocycles. The summed E-state index contributed by atoms with van der Waals surface area (Å²) in [6, 6.07) is 0.486. The zero-order valence-electron chi connectivity index (χ0n) is 8.85. The molecular weight excluding hydrogens is 212 g/mol. The maximum atomic E-state index is 5.78. The summed E-state index contributed by atoms with van der Waals surface area (Å²) < 4.78 is 9.29. The number of morpholine rings is 1. The van der Waals surface area contributed by atoms with Crippen molar-refractivity contribution in [3.63, 3.8) is 0 Å². The minimum Gasteiger partial charge on any atom is -0.388 e. The zero-order valence-corrected chi connectivity index (χ0v) is 9.66. The van der Waals surface area contributed by atoms with E-state index in [0.717, 1.165) is 43.4 Å². The molecule has 1 saturated heterocycles. The van der Waals surface area contributed by atoms with Crippen LogP contribution in [0, 0.1) is 0 Å². The Bertz CT molecular complexity index is 317. The Morgan fingerprint density at radius 2 is 2.53 bits per heavy atom. The van der Waals surface area contributed by atoms with Crippen LogP contribution in [-0.2, 0) is 11.3 Å². The monoisotopic (exact) mass is 228 g/mol. The molecule has 1 unspecified atom stereocenters. The first kappa shape index (κ1) is 10.8. The molecule has 15 heavy (non-hydrogen) atoms. The summed E-state index contributed by atoms with van der Waals surface area (Å²) in [5.74, 6) is 0. The highest BCUT2D eigenvalue weighted by molar-refractivity contribution is 7.09. The van der Waals surface area contributed by atoms with Gasteiger partial charge in [0.2, 0.25) is 0 Å². The first-order valence-corrected chi connectivity index (χ1v) is 5.97. The van der Waals surface area contributed by atoms with E-state index in [1.54, 1.807) is 0 Å². The quantitative estimate of drug-likeness (QED) is 0.826. The number of nitrogen functional groups attached to an aromatic ring is 1.